The Morgan fingerprint density at radius 3 is 2.87 bits per heavy atom. The van der Waals surface area contributed by atoms with Gasteiger partial charge >= 0.3 is 5.97 Å². The average molecular weight is 230 g/mol. The molecule has 0 unspecified atom stereocenters. The predicted octanol–water partition coefficient (Wildman–Crippen LogP) is 2.38. The molecule has 1 heterocycles. The summed E-state index contributed by atoms with van der Waals surface area (Å²) < 4.78 is 9.92. The highest BCUT2D eigenvalue weighted by atomic mass is 32.1. The zero-order valence-corrected chi connectivity index (χ0v) is 9.60. The number of carbonyl (C=O) groups is 1. The van der Waals surface area contributed by atoms with Crippen molar-refractivity contribution in [3.05, 3.63) is 15.8 Å². The first-order valence-electron chi connectivity index (χ1n) is 4.66. The maximum atomic E-state index is 10.9. The van der Waals surface area contributed by atoms with Crippen LogP contribution in [0.1, 0.15) is 27.9 Å². The third kappa shape index (κ3) is 3.21. The SMILES string of the molecule is CCCc1cc(OCOC)c(C(=O)O)s1. The Labute approximate surface area is 92.4 Å². The van der Waals surface area contributed by atoms with Gasteiger partial charge in [0, 0.05) is 12.0 Å². The van der Waals surface area contributed by atoms with Gasteiger partial charge in [0.05, 0.1) is 0 Å². The van der Waals surface area contributed by atoms with E-state index in [1.807, 2.05) is 0 Å². The van der Waals surface area contributed by atoms with E-state index in [1.54, 1.807) is 6.07 Å². The van der Waals surface area contributed by atoms with Crippen LogP contribution in [0.2, 0.25) is 0 Å². The summed E-state index contributed by atoms with van der Waals surface area (Å²) in [6.07, 6.45) is 1.87. The monoisotopic (exact) mass is 230 g/mol. The molecule has 4 nitrogen and oxygen atoms in total. The lowest BCUT2D eigenvalue weighted by molar-refractivity contribution is 0.0489. The smallest absolute Gasteiger partial charge is 0.349 e. The van der Waals surface area contributed by atoms with Crippen LogP contribution in [0.3, 0.4) is 0 Å². The fraction of sp³-hybridized carbons (Fsp3) is 0.500. The molecule has 1 rings (SSSR count). The van der Waals surface area contributed by atoms with Crippen LogP contribution in [0.15, 0.2) is 6.07 Å². The van der Waals surface area contributed by atoms with E-state index in [9.17, 15) is 4.79 Å². The van der Waals surface area contributed by atoms with Crippen molar-refractivity contribution < 1.29 is 19.4 Å². The van der Waals surface area contributed by atoms with Crippen molar-refractivity contribution in [2.75, 3.05) is 13.9 Å². The van der Waals surface area contributed by atoms with E-state index in [-0.39, 0.29) is 11.7 Å². The van der Waals surface area contributed by atoms with Gasteiger partial charge in [-0.05, 0) is 12.5 Å². The van der Waals surface area contributed by atoms with Crippen molar-refractivity contribution in [2.45, 2.75) is 19.8 Å². The summed E-state index contributed by atoms with van der Waals surface area (Å²) in [6, 6.07) is 1.77. The summed E-state index contributed by atoms with van der Waals surface area (Å²) in [5.74, 6) is -0.550. The molecule has 0 aliphatic heterocycles. The molecule has 1 aromatic heterocycles. The number of aromatic carboxylic acids is 1. The Balaban J connectivity index is 2.85. The largest absolute Gasteiger partial charge is 0.477 e. The van der Waals surface area contributed by atoms with Crippen LogP contribution in [-0.2, 0) is 11.2 Å². The molecule has 0 aromatic carbocycles. The molecular weight excluding hydrogens is 216 g/mol. The molecule has 84 valence electrons. The number of ether oxygens (including phenoxy) is 2. The second-order valence-electron chi connectivity index (χ2n) is 3.01. The number of hydrogen-bond donors (Lipinski definition) is 1. The number of carboxylic acids is 1. The highest BCUT2D eigenvalue weighted by Crippen LogP contribution is 2.30. The van der Waals surface area contributed by atoms with Crippen LogP contribution in [0, 0.1) is 0 Å². The van der Waals surface area contributed by atoms with Crippen LogP contribution in [-0.4, -0.2) is 25.0 Å². The number of thiophene rings is 1. The van der Waals surface area contributed by atoms with E-state index in [1.165, 1.54) is 18.4 Å². The number of hydrogen-bond acceptors (Lipinski definition) is 4. The Morgan fingerprint density at radius 1 is 1.60 bits per heavy atom. The molecular formula is C10H14O4S. The summed E-state index contributed by atoms with van der Waals surface area (Å²) in [7, 11) is 1.50. The maximum absolute atomic E-state index is 10.9. The van der Waals surface area contributed by atoms with Gasteiger partial charge < -0.3 is 14.6 Å². The molecule has 0 spiro atoms. The first-order chi connectivity index (χ1) is 7.19. The van der Waals surface area contributed by atoms with E-state index in [2.05, 4.69) is 6.92 Å². The molecule has 0 fully saturated rings. The van der Waals surface area contributed by atoms with Gasteiger partial charge in [0.1, 0.15) is 5.75 Å². The fourth-order valence-corrected chi connectivity index (χ4v) is 2.21. The summed E-state index contributed by atoms with van der Waals surface area (Å²) in [4.78, 5) is 12.2. The highest BCUT2D eigenvalue weighted by Gasteiger charge is 2.16. The summed E-state index contributed by atoms with van der Waals surface area (Å²) in [6.45, 7) is 2.12. The molecule has 0 aliphatic rings. The average Bonchev–Trinajstić information content (AvgIpc) is 2.59. The van der Waals surface area contributed by atoms with Crippen molar-refractivity contribution in [3.63, 3.8) is 0 Å². The van der Waals surface area contributed by atoms with Gasteiger partial charge in [-0.15, -0.1) is 11.3 Å². The molecule has 0 saturated carbocycles. The van der Waals surface area contributed by atoms with Gasteiger partial charge in [-0.2, -0.15) is 0 Å². The van der Waals surface area contributed by atoms with Crippen LogP contribution >= 0.6 is 11.3 Å². The molecule has 0 radical (unpaired) electrons. The highest BCUT2D eigenvalue weighted by molar-refractivity contribution is 7.14. The Kier molecular flexibility index (Phi) is 4.58. The lowest BCUT2D eigenvalue weighted by Gasteiger charge is -2.02. The Bertz CT molecular complexity index is 332. The van der Waals surface area contributed by atoms with Crippen LogP contribution < -0.4 is 4.74 Å². The molecule has 5 heteroatoms. The van der Waals surface area contributed by atoms with Crippen molar-refractivity contribution in [1.29, 1.82) is 0 Å². The zero-order valence-electron chi connectivity index (χ0n) is 8.78. The summed E-state index contributed by atoms with van der Waals surface area (Å²) in [5, 5.41) is 8.94. The number of rotatable bonds is 6. The van der Waals surface area contributed by atoms with Gasteiger partial charge in [-0.3, -0.25) is 0 Å². The Hall–Kier alpha value is -1.07. The third-order valence-corrected chi connectivity index (χ3v) is 2.94. The zero-order chi connectivity index (χ0) is 11.3. The van der Waals surface area contributed by atoms with Crippen molar-refractivity contribution in [2.24, 2.45) is 0 Å². The quantitative estimate of drug-likeness (QED) is 0.762. The van der Waals surface area contributed by atoms with Gasteiger partial charge in [0.25, 0.3) is 0 Å². The van der Waals surface area contributed by atoms with Crippen LogP contribution in [0.25, 0.3) is 0 Å². The lowest BCUT2D eigenvalue weighted by Crippen LogP contribution is -2.02. The lowest BCUT2D eigenvalue weighted by atomic mass is 10.3. The molecule has 1 N–H and O–H groups in total. The minimum absolute atomic E-state index is 0.0720. The fourth-order valence-electron chi connectivity index (χ4n) is 1.17. The molecule has 0 atom stereocenters. The summed E-state index contributed by atoms with van der Waals surface area (Å²) in [5.41, 5.74) is 0. The van der Waals surface area contributed by atoms with Gasteiger partial charge in [-0.25, -0.2) is 4.79 Å². The molecule has 0 saturated heterocycles. The van der Waals surface area contributed by atoms with E-state index in [0.29, 0.717) is 5.75 Å². The number of methoxy groups -OCH3 is 1. The van der Waals surface area contributed by atoms with Crippen molar-refractivity contribution >= 4 is 17.3 Å². The van der Waals surface area contributed by atoms with E-state index < -0.39 is 5.97 Å². The third-order valence-electron chi connectivity index (χ3n) is 1.77. The predicted molar refractivity (Wildman–Crippen MR) is 57.8 cm³/mol. The van der Waals surface area contributed by atoms with Gasteiger partial charge in [0.2, 0.25) is 0 Å². The van der Waals surface area contributed by atoms with Gasteiger partial charge in [0.15, 0.2) is 11.7 Å². The second kappa shape index (κ2) is 5.72. The molecule has 1 aromatic rings. The summed E-state index contributed by atoms with van der Waals surface area (Å²) >= 11 is 1.26. The second-order valence-corrected chi connectivity index (χ2v) is 4.15. The Morgan fingerprint density at radius 2 is 2.33 bits per heavy atom. The first kappa shape index (κ1) is 12.0. The van der Waals surface area contributed by atoms with Crippen molar-refractivity contribution in [1.82, 2.24) is 0 Å². The van der Waals surface area contributed by atoms with Crippen LogP contribution in [0.4, 0.5) is 0 Å². The van der Waals surface area contributed by atoms with E-state index in [4.69, 9.17) is 14.6 Å². The molecule has 15 heavy (non-hydrogen) atoms. The van der Waals surface area contributed by atoms with Crippen LogP contribution in [0.5, 0.6) is 5.75 Å². The maximum Gasteiger partial charge on any atom is 0.349 e. The number of aryl methyl sites for hydroxylation is 1. The molecule has 0 aliphatic carbocycles. The topological polar surface area (TPSA) is 55.8 Å². The standard InChI is InChI=1S/C10H14O4S/c1-3-4-7-5-8(14-6-13-2)9(15-7)10(11)12/h5H,3-4,6H2,1-2H3,(H,11,12). The normalized spacial score (nSPS) is 10.3. The number of carboxylic acid groups (broad SMARTS) is 1. The minimum Gasteiger partial charge on any atom is -0.477 e. The van der Waals surface area contributed by atoms with E-state index in [0.717, 1.165) is 17.7 Å². The minimum atomic E-state index is -0.951. The van der Waals surface area contributed by atoms with E-state index >= 15 is 0 Å². The van der Waals surface area contributed by atoms with Crippen molar-refractivity contribution in [3.8, 4) is 5.75 Å². The molecule has 0 amide bonds. The van der Waals surface area contributed by atoms with Gasteiger partial charge in [-0.1, -0.05) is 13.3 Å². The first-order valence-corrected chi connectivity index (χ1v) is 5.48. The molecule has 0 bridgehead atoms.